The van der Waals surface area contributed by atoms with Crippen LogP contribution in [-0.2, 0) is 7.05 Å². The first-order chi connectivity index (χ1) is 14.0. The highest BCUT2D eigenvalue weighted by Crippen LogP contribution is 2.34. The van der Waals surface area contributed by atoms with Crippen molar-refractivity contribution >= 4 is 28.1 Å². The molecule has 4 rings (SSSR count). The number of nitrogens with zero attached hydrogens (tertiary/aromatic N) is 3. The molecule has 0 atom stereocenters. The van der Waals surface area contributed by atoms with E-state index in [1.54, 1.807) is 6.07 Å². The van der Waals surface area contributed by atoms with Gasteiger partial charge in [-0.15, -0.1) is 0 Å². The van der Waals surface area contributed by atoms with Crippen molar-refractivity contribution in [2.45, 2.75) is 0 Å². The zero-order valence-electron chi connectivity index (χ0n) is 15.7. The number of fused-ring (bicyclic) bond motifs is 1. The number of aromatic nitrogens is 2. The van der Waals surface area contributed by atoms with Crippen molar-refractivity contribution in [2.24, 2.45) is 7.05 Å². The first kappa shape index (κ1) is 18.4. The molecule has 0 saturated heterocycles. The van der Waals surface area contributed by atoms with Gasteiger partial charge in [0.05, 0.1) is 23.4 Å². The van der Waals surface area contributed by atoms with Crippen LogP contribution in [0.3, 0.4) is 0 Å². The summed E-state index contributed by atoms with van der Waals surface area (Å²) in [4.78, 5) is 14.9. The van der Waals surface area contributed by atoms with E-state index in [9.17, 15) is 14.5 Å². The minimum Gasteiger partial charge on any atom is -0.494 e. The van der Waals surface area contributed by atoms with Gasteiger partial charge < -0.3 is 14.6 Å². The predicted molar refractivity (Wildman–Crippen MR) is 109 cm³/mol. The largest absolute Gasteiger partial charge is 0.494 e. The van der Waals surface area contributed by atoms with Crippen LogP contribution in [0.5, 0.6) is 5.75 Å². The minimum absolute atomic E-state index is 0.144. The molecule has 4 aromatic rings. The van der Waals surface area contributed by atoms with Gasteiger partial charge >= 0.3 is 5.69 Å². The van der Waals surface area contributed by atoms with Gasteiger partial charge in [0.1, 0.15) is 11.6 Å². The molecule has 0 aliphatic rings. The van der Waals surface area contributed by atoms with Gasteiger partial charge in [-0.2, -0.15) is 4.39 Å². The number of aryl methyl sites for hydroxylation is 1. The van der Waals surface area contributed by atoms with Crippen molar-refractivity contribution in [1.29, 1.82) is 0 Å². The highest BCUT2D eigenvalue weighted by molar-refractivity contribution is 5.95. The number of halogens is 1. The average molecular weight is 392 g/mol. The molecular formula is C21H17FN4O3. The van der Waals surface area contributed by atoms with Crippen LogP contribution in [0.15, 0.2) is 60.8 Å². The smallest absolute Gasteiger partial charge is 0.307 e. The lowest BCUT2D eigenvalue weighted by molar-refractivity contribution is -0.387. The van der Waals surface area contributed by atoms with Crippen LogP contribution in [0.1, 0.15) is 0 Å². The van der Waals surface area contributed by atoms with Crippen molar-refractivity contribution in [3.63, 3.8) is 0 Å². The molecule has 0 amide bonds. The van der Waals surface area contributed by atoms with E-state index in [0.29, 0.717) is 5.82 Å². The van der Waals surface area contributed by atoms with Crippen LogP contribution >= 0.6 is 0 Å². The molecule has 29 heavy (non-hydrogen) atoms. The Morgan fingerprint density at radius 1 is 1.17 bits per heavy atom. The standard InChI is InChI=1S/C21H17FN4O3/c1-25-12-14(13-6-3-4-8-18(13)25)16-7-5-9-21(23-16)24-17-11-19(26(27)28)15(22)10-20(17)29-2/h3-12H,1-2H3,(H,23,24). The number of nitrogens with one attached hydrogen (secondary N) is 1. The Labute approximate surface area is 165 Å². The molecule has 2 aromatic heterocycles. The fourth-order valence-electron chi connectivity index (χ4n) is 3.29. The fourth-order valence-corrected chi connectivity index (χ4v) is 3.29. The molecule has 0 saturated carbocycles. The normalized spacial score (nSPS) is 10.9. The molecule has 0 spiro atoms. The topological polar surface area (TPSA) is 82.2 Å². The summed E-state index contributed by atoms with van der Waals surface area (Å²) in [6.45, 7) is 0. The highest BCUT2D eigenvalue weighted by atomic mass is 19.1. The van der Waals surface area contributed by atoms with Crippen LogP contribution in [0, 0.1) is 15.9 Å². The van der Waals surface area contributed by atoms with E-state index in [2.05, 4.69) is 10.3 Å². The molecule has 0 aliphatic carbocycles. The molecule has 7 nitrogen and oxygen atoms in total. The molecule has 8 heteroatoms. The second-order valence-electron chi connectivity index (χ2n) is 6.46. The zero-order valence-corrected chi connectivity index (χ0v) is 15.7. The SMILES string of the molecule is COc1cc(F)c([N+](=O)[O-])cc1Nc1cccc(-c2cn(C)c3ccccc23)n1. The Hall–Kier alpha value is -3.94. The summed E-state index contributed by atoms with van der Waals surface area (Å²) >= 11 is 0. The number of nitro benzene ring substituents is 1. The van der Waals surface area contributed by atoms with Gasteiger partial charge in [0.2, 0.25) is 5.82 Å². The number of rotatable bonds is 5. The van der Waals surface area contributed by atoms with Gasteiger partial charge in [0.25, 0.3) is 0 Å². The summed E-state index contributed by atoms with van der Waals surface area (Å²) in [7, 11) is 3.34. The second kappa shape index (κ2) is 7.23. The molecule has 0 fully saturated rings. The van der Waals surface area contributed by atoms with E-state index < -0.39 is 16.4 Å². The van der Waals surface area contributed by atoms with Crippen molar-refractivity contribution < 1.29 is 14.1 Å². The van der Waals surface area contributed by atoms with E-state index in [1.165, 1.54) is 7.11 Å². The third kappa shape index (κ3) is 3.36. The first-order valence-corrected chi connectivity index (χ1v) is 8.78. The number of ether oxygens (including phenoxy) is 1. The molecule has 146 valence electrons. The molecule has 0 unspecified atom stereocenters. The third-order valence-electron chi connectivity index (χ3n) is 4.65. The lowest BCUT2D eigenvalue weighted by Gasteiger charge is -2.11. The van der Waals surface area contributed by atoms with Gasteiger partial charge in [-0.05, 0) is 18.2 Å². The van der Waals surface area contributed by atoms with Crippen LogP contribution in [0.4, 0.5) is 21.6 Å². The number of para-hydroxylation sites is 1. The number of benzene rings is 2. The molecular weight excluding hydrogens is 375 g/mol. The number of pyridine rings is 1. The van der Waals surface area contributed by atoms with Crippen molar-refractivity contribution in [3.8, 4) is 17.0 Å². The lowest BCUT2D eigenvalue weighted by atomic mass is 10.1. The quantitative estimate of drug-likeness (QED) is 0.380. The van der Waals surface area contributed by atoms with Gasteiger partial charge in [0.15, 0.2) is 0 Å². The molecule has 2 heterocycles. The Morgan fingerprint density at radius 3 is 2.72 bits per heavy atom. The molecule has 0 aliphatic heterocycles. The predicted octanol–water partition coefficient (Wildman–Crippen LogP) is 5.04. The Morgan fingerprint density at radius 2 is 1.97 bits per heavy atom. The summed E-state index contributed by atoms with van der Waals surface area (Å²) in [6.07, 6.45) is 2.00. The number of anilines is 2. The maximum absolute atomic E-state index is 13.9. The minimum atomic E-state index is -0.963. The molecule has 0 bridgehead atoms. The van der Waals surface area contributed by atoms with E-state index >= 15 is 0 Å². The van der Waals surface area contributed by atoms with E-state index in [-0.39, 0.29) is 11.4 Å². The summed E-state index contributed by atoms with van der Waals surface area (Å²) in [5.74, 6) is -0.366. The summed E-state index contributed by atoms with van der Waals surface area (Å²) < 4.78 is 21.1. The number of methoxy groups -OCH3 is 1. The van der Waals surface area contributed by atoms with Crippen LogP contribution < -0.4 is 10.1 Å². The van der Waals surface area contributed by atoms with Crippen LogP contribution in [0.2, 0.25) is 0 Å². The summed E-state index contributed by atoms with van der Waals surface area (Å²) in [5, 5.41) is 15.1. The van der Waals surface area contributed by atoms with Gasteiger partial charge in [-0.25, -0.2) is 4.98 Å². The molecule has 1 N–H and O–H groups in total. The summed E-state index contributed by atoms with van der Waals surface area (Å²) in [6, 6.07) is 15.5. The second-order valence-corrected chi connectivity index (χ2v) is 6.46. The first-order valence-electron chi connectivity index (χ1n) is 8.78. The highest BCUT2D eigenvalue weighted by Gasteiger charge is 2.19. The van der Waals surface area contributed by atoms with Crippen molar-refractivity contribution in [1.82, 2.24) is 9.55 Å². The maximum atomic E-state index is 13.9. The van der Waals surface area contributed by atoms with Crippen molar-refractivity contribution in [2.75, 3.05) is 12.4 Å². The lowest BCUT2D eigenvalue weighted by Crippen LogP contribution is -2.01. The molecule has 2 aromatic carbocycles. The van der Waals surface area contributed by atoms with Gasteiger partial charge in [-0.1, -0.05) is 24.3 Å². The Kier molecular flexibility index (Phi) is 4.59. The van der Waals surface area contributed by atoms with Gasteiger partial charge in [-0.3, -0.25) is 10.1 Å². The fraction of sp³-hybridized carbons (Fsp3) is 0.0952. The number of hydrogen-bond acceptors (Lipinski definition) is 5. The molecule has 0 radical (unpaired) electrons. The monoisotopic (exact) mass is 392 g/mol. The zero-order chi connectivity index (χ0) is 20.5. The number of nitro groups is 1. The average Bonchev–Trinajstić information content (AvgIpc) is 3.06. The Balaban J connectivity index is 1.75. The van der Waals surface area contributed by atoms with Crippen LogP contribution in [-0.4, -0.2) is 21.6 Å². The third-order valence-corrected chi connectivity index (χ3v) is 4.65. The van der Waals surface area contributed by atoms with E-state index in [0.717, 1.165) is 34.3 Å². The van der Waals surface area contributed by atoms with Crippen molar-refractivity contribution in [3.05, 3.63) is 76.7 Å². The van der Waals surface area contributed by atoms with E-state index in [4.69, 9.17) is 4.74 Å². The van der Waals surface area contributed by atoms with Crippen LogP contribution in [0.25, 0.3) is 22.2 Å². The van der Waals surface area contributed by atoms with E-state index in [1.807, 2.05) is 54.2 Å². The maximum Gasteiger partial charge on any atom is 0.307 e. The van der Waals surface area contributed by atoms with Gasteiger partial charge in [0, 0.05) is 41.8 Å². The number of hydrogen-bond donors (Lipinski definition) is 1. The summed E-state index contributed by atoms with van der Waals surface area (Å²) in [5.41, 5.74) is 2.39. The Bertz CT molecular complexity index is 1240.